The molecular formula is C37H26N2. The molecule has 0 aliphatic carbocycles. The van der Waals surface area contributed by atoms with E-state index in [4.69, 9.17) is 4.98 Å². The average Bonchev–Trinajstić information content (AvgIpc) is 3.03. The molecule has 0 saturated heterocycles. The summed E-state index contributed by atoms with van der Waals surface area (Å²) in [4.78, 5) is 7.17. The van der Waals surface area contributed by atoms with E-state index in [-0.39, 0.29) is 0 Å². The van der Waals surface area contributed by atoms with Crippen molar-refractivity contribution in [3.8, 4) is 22.3 Å². The first-order valence-electron chi connectivity index (χ1n) is 13.2. The van der Waals surface area contributed by atoms with Crippen LogP contribution in [0, 0.1) is 0 Å². The molecule has 7 aromatic rings. The fourth-order valence-electron chi connectivity index (χ4n) is 5.38. The summed E-state index contributed by atoms with van der Waals surface area (Å²) in [6.45, 7) is 0. The van der Waals surface area contributed by atoms with Gasteiger partial charge in [-0.25, -0.2) is 0 Å². The molecule has 1 aromatic heterocycles. The van der Waals surface area contributed by atoms with E-state index in [1.165, 1.54) is 27.6 Å². The molecule has 0 unspecified atom stereocenters. The lowest BCUT2D eigenvalue weighted by atomic mass is 10.0. The quantitative estimate of drug-likeness (QED) is 0.219. The SMILES string of the molecule is c1ccc(-c2ccc(N(c3ccc(-c4ccccc4)cc3)c3cccc4ccc5cccnc5c34)cc2)cc1. The van der Waals surface area contributed by atoms with E-state index in [1.807, 2.05) is 12.3 Å². The van der Waals surface area contributed by atoms with Crippen LogP contribution in [-0.4, -0.2) is 4.98 Å². The summed E-state index contributed by atoms with van der Waals surface area (Å²) in [6, 6.07) is 53.7. The first-order valence-corrected chi connectivity index (χ1v) is 13.2. The normalized spacial score (nSPS) is 11.1. The van der Waals surface area contributed by atoms with Crippen molar-refractivity contribution in [1.82, 2.24) is 4.98 Å². The molecule has 2 heteroatoms. The highest BCUT2D eigenvalue weighted by Gasteiger charge is 2.17. The number of pyridine rings is 1. The molecule has 0 amide bonds. The third-order valence-corrected chi connectivity index (χ3v) is 7.30. The molecule has 184 valence electrons. The summed E-state index contributed by atoms with van der Waals surface area (Å²) in [7, 11) is 0. The molecule has 2 nitrogen and oxygen atoms in total. The molecule has 1 heterocycles. The van der Waals surface area contributed by atoms with E-state index >= 15 is 0 Å². The Balaban J connectivity index is 1.42. The van der Waals surface area contributed by atoms with E-state index in [0.29, 0.717) is 0 Å². The molecule has 0 aliphatic rings. The number of anilines is 3. The van der Waals surface area contributed by atoms with E-state index in [9.17, 15) is 0 Å². The monoisotopic (exact) mass is 498 g/mol. The Bertz CT molecular complexity index is 1790. The first-order chi connectivity index (χ1) is 19.3. The van der Waals surface area contributed by atoms with E-state index in [0.717, 1.165) is 33.4 Å². The van der Waals surface area contributed by atoms with Gasteiger partial charge in [0.25, 0.3) is 0 Å². The van der Waals surface area contributed by atoms with Crippen molar-refractivity contribution in [3.05, 3.63) is 158 Å². The van der Waals surface area contributed by atoms with Gasteiger partial charge in [-0.3, -0.25) is 4.98 Å². The first kappa shape index (κ1) is 22.9. The maximum absolute atomic E-state index is 4.82. The van der Waals surface area contributed by atoms with E-state index in [1.54, 1.807) is 0 Å². The maximum atomic E-state index is 4.82. The summed E-state index contributed by atoms with van der Waals surface area (Å²) in [5, 5.41) is 3.46. The lowest BCUT2D eigenvalue weighted by Gasteiger charge is -2.27. The zero-order valence-corrected chi connectivity index (χ0v) is 21.4. The van der Waals surface area contributed by atoms with Gasteiger partial charge in [0.15, 0.2) is 0 Å². The van der Waals surface area contributed by atoms with E-state index in [2.05, 4.69) is 150 Å². The van der Waals surface area contributed by atoms with Crippen molar-refractivity contribution in [2.75, 3.05) is 4.90 Å². The van der Waals surface area contributed by atoms with Gasteiger partial charge in [0, 0.05) is 28.3 Å². The lowest BCUT2D eigenvalue weighted by molar-refractivity contribution is 1.30. The smallest absolute Gasteiger partial charge is 0.0801 e. The van der Waals surface area contributed by atoms with Gasteiger partial charge in [0.1, 0.15) is 0 Å². The van der Waals surface area contributed by atoms with Gasteiger partial charge in [0.2, 0.25) is 0 Å². The standard InChI is InChI=1S/C37H26N2/c1-3-9-27(10-4-1)29-18-22-33(23-19-29)39(34-24-20-30(21-25-34)28-11-5-2-6-12-28)35-15-7-13-31-16-17-32-14-8-26-38-37(32)36(31)35/h1-26H. The topological polar surface area (TPSA) is 16.1 Å². The minimum Gasteiger partial charge on any atom is -0.310 e. The molecule has 39 heavy (non-hydrogen) atoms. The second-order valence-corrected chi connectivity index (χ2v) is 9.68. The van der Waals surface area contributed by atoms with Crippen molar-refractivity contribution in [2.45, 2.75) is 0 Å². The Kier molecular flexibility index (Phi) is 5.84. The number of aromatic nitrogens is 1. The Morgan fingerprint density at radius 1 is 0.385 bits per heavy atom. The van der Waals surface area contributed by atoms with Gasteiger partial charge < -0.3 is 4.90 Å². The Labute approximate surface area is 228 Å². The zero-order chi connectivity index (χ0) is 26.0. The van der Waals surface area contributed by atoms with Crippen molar-refractivity contribution < 1.29 is 0 Å². The molecule has 6 aromatic carbocycles. The molecule has 0 bridgehead atoms. The van der Waals surface area contributed by atoms with Crippen LogP contribution in [0.5, 0.6) is 0 Å². The van der Waals surface area contributed by atoms with Crippen LogP contribution in [0.15, 0.2) is 158 Å². The van der Waals surface area contributed by atoms with E-state index < -0.39 is 0 Å². The third kappa shape index (κ3) is 4.32. The molecule has 0 spiro atoms. The highest BCUT2D eigenvalue weighted by atomic mass is 15.1. The Morgan fingerprint density at radius 2 is 0.897 bits per heavy atom. The van der Waals surface area contributed by atoms with Crippen LogP contribution in [0.25, 0.3) is 43.9 Å². The maximum Gasteiger partial charge on any atom is 0.0801 e. The van der Waals surface area contributed by atoms with Crippen LogP contribution in [0.1, 0.15) is 0 Å². The molecule has 0 radical (unpaired) electrons. The minimum absolute atomic E-state index is 1.01. The lowest BCUT2D eigenvalue weighted by Crippen LogP contribution is -2.10. The van der Waals surface area contributed by atoms with Gasteiger partial charge >= 0.3 is 0 Å². The summed E-state index contributed by atoms with van der Waals surface area (Å²) in [5.74, 6) is 0. The fraction of sp³-hybridized carbons (Fsp3) is 0. The number of hydrogen-bond donors (Lipinski definition) is 0. The molecular weight excluding hydrogens is 472 g/mol. The molecule has 0 saturated carbocycles. The third-order valence-electron chi connectivity index (χ3n) is 7.30. The second-order valence-electron chi connectivity index (χ2n) is 9.68. The Morgan fingerprint density at radius 3 is 1.49 bits per heavy atom. The van der Waals surface area contributed by atoms with Crippen LogP contribution < -0.4 is 4.90 Å². The molecule has 7 rings (SSSR count). The summed E-state index contributed by atoms with van der Waals surface area (Å²) < 4.78 is 0. The predicted molar refractivity (Wildman–Crippen MR) is 165 cm³/mol. The molecule has 0 N–H and O–H groups in total. The number of nitrogens with zero attached hydrogens (tertiary/aromatic N) is 2. The van der Waals surface area contributed by atoms with Gasteiger partial charge in [-0.15, -0.1) is 0 Å². The Hall–Kier alpha value is -5.21. The van der Waals surface area contributed by atoms with Crippen LogP contribution in [0.4, 0.5) is 17.1 Å². The number of rotatable bonds is 5. The van der Waals surface area contributed by atoms with Crippen molar-refractivity contribution in [3.63, 3.8) is 0 Å². The van der Waals surface area contributed by atoms with Crippen LogP contribution in [-0.2, 0) is 0 Å². The average molecular weight is 499 g/mol. The van der Waals surface area contributed by atoms with Gasteiger partial charge in [-0.1, -0.05) is 115 Å². The molecule has 0 fully saturated rings. The zero-order valence-electron chi connectivity index (χ0n) is 21.4. The van der Waals surface area contributed by atoms with Gasteiger partial charge in [0.05, 0.1) is 11.2 Å². The highest BCUT2D eigenvalue weighted by molar-refractivity contribution is 6.13. The largest absolute Gasteiger partial charge is 0.310 e. The highest BCUT2D eigenvalue weighted by Crippen LogP contribution is 2.42. The van der Waals surface area contributed by atoms with Crippen molar-refractivity contribution in [2.24, 2.45) is 0 Å². The predicted octanol–water partition coefficient (Wildman–Crippen LogP) is 10.2. The molecule has 0 aliphatic heterocycles. The van der Waals surface area contributed by atoms with Crippen LogP contribution >= 0.6 is 0 Å². The molecule has 0 atom stereocenters. The van der Waals surface area contributed by atoms with Crippen molar-refractivity contribution in [1.29, 1.82) is 0 Å². The van der Waals surface area contributed by atoms with Crippen molar-refractivity contribution >= 4 is 38.7 Å². The van der Waals surface area contributed by atoms with Crippen LogP contribution in [0.2, 0.25) is 0 Å². The minimum atomic E-state index is 1.01. The summed E-state index contributed by atoms with van der Waals surface area (Å²) in [6.07, 6.45) is 1.88. The number of fused-ring (bicyclic) bond motifs is 3. The number of hydrogen-bond acceptors (Lipinski definition) is 2. The summed E-state index contributed by atoms with van der Waals surface area (Å²) >= 11 is 0. The fourth-order valence-corrected chi connectivity index (χ4v) is 5.38. The van der Waals surface area contributed by atoms with Gasteiger partial charge in [-0.05, 0) is 64.0 Å². The second kappa shape index (κ2) is 9.92. The number of benzene rings is 6. The van der Waals surface area contributed by atoms with Crippen LogP contribution in [0.3, 0.4) is 0 Å². The summed E-state index contributed by atoms with van der Waals surface area (Å²) in [5.41, 5.74) is 9.14. The van der Waals surface area contributed by atoms with Gasteiger partial charge in [-0.2, -0.15) is 0 Å².